The van der Waals surface area contributed by atoms with Gasteiger partial charge in [0.05, 0.1) is 0 Å². The largest absolute Gasteiger partial charge is 0.247 e. The van der Waals surface area contributed by atoms with Gasteiger partial charge in [0.15, 0.2) is 0 Å². The van der Waals surface area contributed by atoms with Crippen molar-refractivity contribution in [2.45, 2.75) is 19.5 Å². The third kappa shape index (κ3) is 4.53. The van der Waals surface area contributed by atoms with Gasteiger partial charge in [0.1, 0.15) is 6.17 Å². The summed E-state index contributed by atoms with van der Waals surface area (Å²) in [5.41, 5.74) is 0. The van der Waals surface area contributed by atoms with Crippen LogP contribution < -0.4 is 0 Å². The number of thioether (sulfide) groups is 1. The summed E-state index contributed by atoms with van der Waals surface area (Å²) in [5, 5.41) is 0. The van der Waals surface area contributed by atoms with Crippen molar-refractivity contribution in [3.05, 3.63) is 0 Å². The van der Waals surface area contributed by atoms with Crippen LogP contribution in [-0.4, -0.2) is 16.6 Å². The number of alkyl halides is 1. The lowest BCUT2D eigenvalue weighted by Gasteiger charge is -1.98. The minimum atomic E-state index is -0.681. The number of hydrogen-bond donors (Lipinski definition) is 0. The van der Waals surface area contributed by atoms with Crippen LogP contribution in [0.15, 0.2) is 0 Å². The van der Waals surface area contributed by atoms with E-state index in [1.807, 2.05) is 6.92 Å². The molecule has 48 valence electrons. The van der Waals surface area contributed by atoms with Gasteiger partial charge < -0.3 is 0 Å². The molecule has 0 aromatic rings. The highest BCUT2D eigenvalue weighted by molar-refractivity contribution is 8.20. The number of halogens is 1. The van der Waals surface area contributed by atoms with Gasteiger partial charge in [-0.2, -0.15) is 0 Å². The summed E-state index contributed by atoms with van der Waals surface area (Å²) in [7, 11) is 0. The summed E-state index contributed by atoms with van der Waals surface area (Å²) in [4.78, 5) is 0. The molecule has 1 unspecified atom stereocenters. The van der Waals surface area contributed by atoms with E-state index in [0.29, 0.717) is 12.2 Å². The standard InChI is InChI=1S/C5H9FS2/c1-2-5(6)3-8-4-7/h4-5H,2-3H2,1H3. The van der Waals surface area contributed by atoms with Crippen LogP contribution in [0.3, 0.4) is 0 Å². The molecule has 0 spiro atoms. The summed E-state index contributed by atoms with van der Waals surface area (Å²) in [6.45, 7) is 1.83. The Labute approximate surface area is 58.8 Å². The molecule has 0 saturated heterocycles. The molecule has 0 aromatic carbocycles. The average Bonchev–Trinajstić information content (AvgIpc) is 1.83. The minimum absolute atomic E-state index is 0.514. The highest BCUT2D eigenvalue weighted by Crippen LogP contribution is 2.05. The zero-order chi connectivity index (χ0) is 6.41. The van der Waals surface area contributed by atoms with E-state index in [4.69, 9.17) is 0 Å². The minimum Gasteiger partial charge on any atom is -0.247 e. The Hall–Kier alpha value is 0.370. The lowest BCUT2D eigenvalue weighted by atomic mass is 10.3. The lowest BCUT2D eigenvalue weighted by Crippen LogP contribution is -1.99. The lowest BCUT2D eigenvalue weighted by molar-refractivity contribution is 0.359. The van der Waals surface area contributed by atoms with E-state index in [1.54, 1.807) is 0 Å². The molecule has 0 aliphatic rings. The first-order valence-corrected chi connectivity index (χ1v) is 4.02. The number of hydrogen-bond acceptors (Lipinski definition) is 2. The molecular formula is C5H9FS2. The van der Waals surface area contributed by atoms with Crippen LogP contribution in [-0.2, 0) is 0 Å². The van der Waals surface area contributed by atoms with Gasteiger partial charge in [-0.25, -0.2) is 4.39 Å². The quantitative estimate of drug-likeness (QED) is 0.567. The van der Waals surface area contributed by atoms with Crippen molar-refractivity contribution in [1.29, 1.82) is 0 Å². The van der Waals surface area contributed by atoms with E-state index >= 15 is 0 Å². The van der Waals surface area contributed by atoms with Gasteiger partial charge >= 0.3 is 0 Å². The van der Waals surface area contributed by atoms with E-state index in [2.05, 4.69) is 12.2 Å². The van der Waals surface area contributed by atoms with Crippen molar-refractivity contribution in [3.63, 3.8) is 0 Å². The first kappa shape index (κ1) is 8.37. The molecular weight excluding hydrogens is 143 g/mol. The molecule has 0 fully saturated rings. The maximum Gasteiger partial charge on any atom is 0.109 e. The summed E-state index contributed by atoms with van der Waals surface area (Å²) in [6, 6.07) is 0. The van der Waals surface area contributed by atoms with Crippen molar-refractivity contribution in [3.8, 4) is 0 Å². The van der Waals surface area contributed by atoms with Crippen LogP contribution in [0.4, 0.5) is 4.39 Å². The van der Waals surface area contributed by atoms with E-state index in [0.717, 1.165) is 0 Å². The zero-order valence-electron chi connectivity index (χ0n) is 4.76. The summed E-state index contributed by atoms with van der Waals surface area (Å²) < 4.78 is 13.7. The Morgan fingerprint density at radius 3 is 2.88 bits per heavy atom. The molecule has 0 aromatic heterocycles. The summed E-state index contributed by atoms with van der Waals surface area (Å²) >= 11 is 5.85. The van der Waals surface area contributed by atoms with Crippen molar-refractivity contribution in [2.75, 3.05) is 5.75 Å². The third-order valence-electron chi connectivity index (χ3n) is 0.788. The molecule has 0 N–H and O–H groups in total. The molecule has 0 nitrogen and oxygen atoms in total. The van der Waals surface area contributed by atoms with Gasteiger partial charge in [-0.05, 0) is 6.42 Å². The molecule has 1 atom stereocenters. The maximum absolute atomic E-state index is 12.2. The van der Waals surface area contributed by atoms with Gasteiger partial charge in [0.25, 0.3) is 0 Å². The molecule has 0 bridgehead atoms. The third-order valence-corrected chi connectivity index (χ3v) is 1.89. The Bertz CT molecular complexity index is 65.4. The van der Waals surface area contributed by atoms with Crippen molar-refractivity contribution < 1.29 is 4.39 Å². The molecule has 0 heterocycles. The smallest absolute Gasteiger partial charge is 0.109 e. The van der Waals surface area contributed by atoms with Crippen LogP contribution in [0.5, 0.6) is 0 Å². The second-order valence-electron chi connectivity index (χ2n) is 1.44. The Morgan fingerprint density at radius 1 is 1.88 bits per heavy atom. The molecule has 0 saturated carbocycles. The molecule has 0 radical (unpaired) electrons. The van der Waals surface area contributed by atoms with Crippen LogP contribution in [0, 0.1) is 0 Å². The predicted octanol–water partition coefficient (Wildman–Crippen LogP) is 2.42. The fourth-order valence-electron chi connectivity index (χ4n) is 0.262. The van der Waals surface area contributed by atoms with E-state index in [1.165, 1.54) is 16.5 Å². The van der Waals surface area contributed by atoms with E-state index in [9.17, 15) is 4.39 Å². The van der Waals surface area contributed by atoms with Gasteiger partial charge in [0.2, 0.25) is 0 Å². The molecule has 0 aliphatic carbocycles. The van der Waals surface area contributed by atoms with Crippen molar-refractivity contribution in [1.82, 2.24) is 0 Å². The summed E-state index contributed by atoms with van der Waals surface area (Å²) in [5.74, 6) is 0.514. The topological polar surface area (TPSA) is 0 Å². The predicted molar refractivity (Wildman–Crippen MR) is 41.3 cm³/mol. The molecule has 0 amide bonds. The van der Waals surface area contributed by atoms with E-state index in [-0.39, 0.29) is 0 Å². The zero-order valence-corrected chi connectivity index (χ0v) is 6.40. The van der Waals surface area contributed by atoms with Crippen LogP contribution >= 0.6 is 24.0 Å². The highest BCUT2D eigenvalue weighted by atomic mass is 32.2. The molecule has 3 heteroatoms. The van der Waals surface area contributed by atoms with Gasteiger partial charge in [-0.3, -0.25) is 0 Å². The first-order chi connectivity index (χ1) is 3.81. The normalized spacial score (nSPS) is 13.2. The Kier molecular flexibility index (Phi) is 5.76. The van der Waals surface area contributed by atoms with Crippen molar-refractivity contribution in [2.24, 2.45) is 0 Å². The van der Waals surface area contributed by atoms with Gasteiger partial charge in [-0.1, -0.05) is 19.1 Å². The Morgan fingerprint density at radius 2 is 2.50 bits per heavy atom. The van der Waals surface area contributed by atoms with Crippen molar-refractivity contribution >= 4 is 28.7 Å². The second kappa shape index (κ2) is 5.51. The molecule has 0 aliphatic heterocycles. The Balaban J connectivity index is 2.97. The average molecular weight is 152 g/mol. The maximum atomic E-state index is 12.2. The monoisotopic (exact) mass is 152 g/mol. The molecule has 0 rings (SSSR count). The van der Waals surface area contributed by atoms with Crippen LogP contribution in [0.25, 0.3) is 0 Å². The number of thiocarbonyl (C=S) groups is 1. The SMILES string of the molecule is CCC(F)CSC=S. The number of rotatable bonds is 4. The van der Waals surface area contributed by atoms with Crippen LogP contribution in [0.2, 0.25) is 0 Å². The highest BCUT2D eigenvalue weighted by Gasteiger charge is 1.99. The van der Waals surface area contributed by atoms with Crippen LogP contribution in [0.1, 0.15) is 13.3 Å². The first-order valence-electron chi connectivity index (χ1n) is 2.50. The molecule has 8 heavy (non-hydrogen) atoms. The van der Waals surface area contributed by atoms with Gasteiger partial charge in [0, 0.05) is 10.5 Å². The fraction of sp³-hybridized carbons (Fsp3) is 0.800. The second-order valence-corrected chi connectivity index (χ2v) is 2.87. The summed E-state index contributed by atoms with van der Waals surface area (Å²) in [6.07, 6.45) is -0.0879. The fourth-order valence-corrected chi connectivity index (χ4v) is 1.02. The van der Waals surface area contributed by atoms with E-state index < -0.39 is 6.17 Å². The van der Waals surface area contributed by atoms with Gasteiger partial charge in [-0.15, -0.1) is 11.8 Å².